The predicted molar refractivity (Wildman–Crippen MR) is 57.9 cm³/mol. The maximum atomic E-state index is 11.0. The van der Waals surface area contributed by atoms with Crippen LogP contribution in [0.1, 0.15) is 16.1 Å². The number of aromatic carboxylic acids is 1. The molecule has 0 unspecified atom stereocenters. The lowest BCUT2D eigenvalue weighted by molar-refractivity contribution is 0.0698. The molecule has 2 N–H and O–H groups in total. The van der Waals surface area contributed by atoms with Crippen molar-refractivity contribution < 1.29 is 9.90 Å². The number of nitrogens with one attached hydrogen (secondary N) is 1. The summed E-state index contributed by atoms with van der Waals surface area (Å²) in [5, 5.41) is 9.02. The second-order valence-electron chi connectivity index (χ2n) is 3.37. The average molecular weight is 201 g/mol. The van der Waals surface area contributed by atoms with Crippen molar-refractivity contribution in [2.45, 2.75) is 6.92 Å². The number of H-pyrrole nitrogens is 1. The molecule has 0 aliphatic rings. The zero-order chi connectivity index (χ0) is 10.8. The molecule has 0 amide bonds. The third-order valence-electron chi connectivity index (χ3n) is 2.37. The maximum absolute atomic E-state index is 11.0. The second-order valence-corrected chi connectivity index (χ2v) is 3.37. The van der Waals surface area contributed by atoms with Gasteiger partial charge in [-0.25, -0.2) is 4.79 Å². The lowest BCUT2D eigenvalue weighted by atomic mass is 10.0. The number of benzene rings is 1. The third-order valence-corrected chi connectivity index (χ3v) is 2.37. The molecule has 0 aliphatic carbocycles. The lowest BCUT2D eigenvalue weighted by Gasteiger charge is -2.01. The fourth-order valence-corrected chi connectivity index (χ4v) is 1.67. The van der Waals surface area contributed by atoms with Crippen LogP contribution in [0.5, 0.6) is 0 Å². The Hall–Kier alpha value is -2.03. The number of carboxylic acid groups (broad SMARTS) is 1. The van der Waals surface area contributed by atoms with Gasteiger partial charge in [0.1, 0.15) is 0 Å². The van der Waals surface area contributed by atoms with E-state index < -0.39 is 5.97 Å². The molecule has 0 saturated heterocycles. The first-order valence-corrected chi connectivity index (χ1v) is 4.67. The summed E-state index contributed by atoms with van der Waals surface area (Å²) < 4.78 is 0. The summed E-state index contributed by atoms with van der Waals surface area (Å²) >= 11 is 0. The molecule has 2 aromatic rings. The van der Waals surface area contributed by atoms with Crippen molar-refractivity contribution >= 4 is 5.97 Å². The Morgan fingerprint density at radius 1 is 1.27 bits per heavy atom. The minimum absolute atomic E-state index is 0.318. The summed E-state index contributed by atoms with van der Waals surface area (Å²) in [5.41, 5.74) is 2.88. The van der Waals surface area contributed by atoms with Crippen LogP contribution < -0.4 is 0 Å². The van der Waals surface area contributed by atoms with Gasteiger partial charge in [0.05, 0.1) is 5.56 Å². The summed E-state index contributed by atoms with van der Waals surface area (Å²) in [5.74, 6) is -0.904. The van der Waals surface area contributed by atoms with Crippen molar-refractivity contribution in [1.29, 1.82) is 0 Å². The van der Waals surface area contributed by atoms with E-state index in [1.807, 2.05) is 37.3 Å². The number of carbonyl (C=O) groups is 1. The largest absolute Gasteiger partial charge is 0.478 e. The summed E-state index contributed by atoms with van der Waals surface area (Å²) in [6, 6.07) is 9.51. The monoisotopic (exact) mass is 201 g/mol. The Bertz CT molecular complexity index is 486. The molecule has 1 heterocycles. The Kier molecular flexibility index (Phi) is 2.29. The van der Waals surface area contributed by atoms with E-state index in [1.165, 1.54) is 6.20 Å². The number of aromatic amines is 1. The van der Waals surface area contributed by atoms with Crippen LogP contribution in [0.4, 0.5) is 0 Å². The topological polar surface area (TPSA) is 53.1 Å². The second kappa shape index (κ2) is 3.61. The fourth-order valence-electron chi connectivity index (χ4n) is 1.67. The van der Waals surface area contributed by atoms with Gasteiger partial charge >= 0.3 is 5.97 Å². The lowest BCUT2D eigenvalue weighted by Crippen LogP contribution is -1.96. The van der Waals surface area contributed by atoms with Gasteiger partial charge in [-0.05, 0) is 12.5 Å². The van der Waals surface area contributed by atoms with Gasteiger partial charge in [0, 0.05) is 17.5 Å². The molecule has 2 rings (SSSR count). The Labute approximate surface area is 87.4 Å². The van der Waals surface area contributed by atoms with Crippen molar-refractivity contribution in [1.82, 2.24) is 4.98 Å². The summed E-state index contributed by atoms with van der Waals surface area (Å²) in [6.45, 7) is 1.87. The Balaban J connectivity index is 2.62. The van der Waals surface area contributed by atoms with Crippen LogP contribution in [0.3, 0.4) is 0 Å². The molecular weight excluding hydrogens is 190 g/mol. The number of rotatable bonds is 2. The predicted octanol–water partition coefficient (Wildman–Crippen LogP) is 2.69. The standard InChI is InChI=1S/C12H11NO2/c1-8-11(9-5-3-2-4-6-9)10(7-13-8)12(14)15/h2-7,13H,1H3,(H,14,15). The van der Waals surface area contributed by atoms with Crippen LogP contribution in [0.25, 0.3) is 11.1 Å². The van der Waals surface area contributed by atoms with Gasteiger partial charge in [0.15, 0.2) is 0 Å². The van der Waals surface area contributed by atoms with E-state index in [0.717, 1.165) is 16.8 Å². The molecular formula is C12H11NO2. The first-order chi connectivity index (χ1) is 7.20. The minimum Gasteiger partial charge on any atom is -0.478 e. The molecule has 3 heteroatoms. The van der Waals surface area contributed by atoms with Gasteiger partial charge in [-0.1, -0.05) is 30.3 Å². The molecule has 3 nitrogen and oxygen atoms in total. The van der Waals surface area contributed by atoms with E-state index in [1.54, 1.807) is 0 Å². The highest BCUT2D eigenvalue weighted by Crippen LogP contribution is 2.26. The summed E-state index contributed by atoms with van der Waals surface area (Å²) in [6.07, 6.45) is 1.53. The summed E-state index contributed by atoms with van der Waals surface area (Å²) in [7, 11) is 0. The fraction of sp³-hybridized carbons (Fsp3) is 0.0833. The van der Waals surface area contributed by atoms with Crippen LogP contribution in [0.15, 0.2) is 36.5 Å². The van der Waals surface area contributed by atoms with E-state index in [2.05, 4.69) is 4.98 Å². The van der Waals surface area contributed by atoms with Crippen LogP contribution in [-0.4, -0.2) is 16.1 Å². The smallest absolute Gasteiger partial charge is 0.337 e. The van der Waals surface area contributed by atoms with Gasteiger partial charge in [-0.3, -0.25) is 0 Å². The molecule has 1 aromatic carbocycles. The molecule has 76 valence electrons. The van der Waals surface area contributed by atoms with E-state index in [4.69, 9.17) is 5.11 Å². The van der Waals surface area contributed by atoms with Gasteiger partial charge < -0.3 is 10.1 Å². The molecule has 1 aromatic heterocycles. The average Bonchev–Trinajstić information content (AvgIpc) is 2.61. The quantitative estimate of drug-likeness (QED) is 0.784. The van der Waals surface area contributed by atoms with E-state index in [0.29, 0.717) is 5.56 Å². The zero-order valence-electron chi connectivity index (χ0n) is 8.32. The highest BCUT2D eigenvalue weighted by molar-refractivity contribution is 5.96. The van der Waals surface area contributed by atoms with Gasteiger partial charge in [0.2, 0.25) is 0 Å². The van der Waals surface area contributed by atoms with E-state index >= 15 is 0 Å². The SMILES string of the molecule is Cc1[nH]cc(C(=O)O)c1-c1ccccc1. The van der Waals surface area contributed by atoms with Gasteiger partial charge in [-0.15, -0.1) is 0 Å². The molecule has 15 heavy (non-hydrogen) atoms. The van der Waals surface area contributed by atoms with Crippen LogP contribution in [0.2, 0.25) is 0 Å². The van der Waals surface area contributed by atoms with Crippen molar-refractivity contribution in [3.05, 3.63) is 47.8 Å². The first kappa shape index (κ1) is 9.52. The molecule has 0 radical (unpaired) electrons. The number of hydrogen-bond acceptors (Lipinski definition) is 1. The highest BCUT2D eigenvalue weighted by atomic mass is 16.4. The van der Waals surface area contributed by atoms with E-state index in [9.17, 15) is 4.79 Å². The van der Waals surface area contributed by atoms with Crippen molar-refractivity contribution in [2.75, 3.05) is 0 Å². The van der Waals surface area contributed by atoms with Crippen molar-refractivity contribution in [3.8, 4) is 11.1 Å². The Morgan fingerprint density at radius 2 is 1.93 bits per heavy atom. The van der Waals surface area contributed by atoms with Crippen molar-refractivity contribution in [3.63, 3.8) is 0 Å². The van der Waals surface area contributed by atoms with Crippen LogP contribution in [-0.2, 0) is 0 Å². The Morgan fingerprint density at radius 3 is 2.53 bits per heavy atom. The molecule has 0 aliphatic heterocycles. The molecule has 0 bridgehead atoms. The summed E-state index contributed by atoms with van der Waals surface area (Å²) in [4.78, 5) is 13.9. The van der Waals surface area contributed by atoms with Crippen LogP contribution >= 0.6 is 0 Å². The number of hydrogen-bond donors (Lipinski definition) is 2. The highest BCUT2D eigenvalue weighted by Gasteiger charge is 2.15. The first-order valence-electron chi connectivity index (χ1n) is 4.67. The minimum atomic E-state index is -0.904. The zero-order valence-corrected chi connectivity index (χ0v) is 8.32. The number of carboxylic acids is 1. The molecule has 0 spiro atoms. The molecule has 0 atom stereocenters. The van der Waals surface area contributed by atoms with Gasteiger partial charge in [0.25, 0.3) is 0 Å². The molecule has 0 saturated carbocycles. The van der Waals surface area contributed by atoms with Crippen LogP contribution in [0, 0.1) is 6.92 Å². The van der Waals surface area contributed by atoms with Gasteiger partial charge in [-0.2, -0.15) is 0 Å². The number of aryl methyl sites for hydroxylation is 1. The normalized spacial score (nSPS) is 10.2. The maximum Gasteiger partial charge on any atom is 0.337 e. The molecule has 0 fully saturated rings. The third kappa shape index (κ3) is 1.64. The van der Waals surface area contributed by atoms with E-state index in [-0.39, 0.29) is 0 Å². The van der Waals surface area contributed by atoms with Crippen molar-refractivity contribution in [2.24, 2.45) is 0 Å². The number of aromatic nitrogens is 1.